The molecular weight excluding hydrogens is 475 g/mol. The van der Waals surface area contributed by atoms with Crippen molar-refractivity contribution in [1.29, 1.82) is 0 Å². The summed E-state index contributed by atoms with van der Waals surface area (Å²) in [6.45, 7) is 8.19. The Kier molecular flexibility index (Phi) is 9.00. The van der Waals surface area contributed by atoms with Gasteiger partial charge in [0.2, 0.25) is 0 Å². The van der Waals surface area contributed by atoms with Gasteiger partial charge in [0, 0.05) is 10.0 Å². The van der Waals surface area contributed by atoms with Crippen LogP contribution in [0.3, 0.4) is 0 Å². The van der Waals surface area contributed by atoms with Gasteiger partial charge in [0.1, 0.15) is 0 Å². The normalized spacial score (nSPS) is 18.9. The fraction of sp³-hybridized carbons (Fsp3) is 0.611. The number of rotatable bonds is 11. The summed E-state index contributed by atoms with van der Waals surface area (Å²) in [7, 11) is -8.62. The minimum atomic E-state index is -4.31. The first kappa shape index (κ1) is 25.8. The number of hydrogen-bond acceptors (Lipinski definition) is 8. The highest BCUT2D eigenvalue weighted by atomic mass is 35.5. The van der Waals surface area contributed by atoms with Crippen LogP contribution in [-0.2, 0) is 32.1 Å². The third kappa shape index (κ3) is 4.39. The molecule has 0 saturated heterocycles. The second kappa shape index (κ2) is 10.5. The van der Waals surface area contributed by atoms with Gasteiger partial charge in [0.15, 0.2) is 0 Å². The highest BCUT2D eigenvalue weighted by Crippen LogP contribution is 2.83. The van der Waals surface area contributed by atoms with Crippen molar-refractivity contribution < 1.29 is 32.1 Å². The summed E-state index contributed by atoms with van der Waals surface area (Å²) in [5.74, 6) is -1.00. The topological polar surface area (TPSA) is 92.7 Å². The molecule has 0 amide bonds. The minimum absolute atomic E-state index is 0.000749. The van der Waals surface area contributed by atoms with Gasteiger partial charge in [-0.1, -0.05) is 34.4 Å². The fourth-order valence-corrected chi connectivity index (χ4v) is 9.60. The molecule has 1 aromatic carbocycles. The van der Waals surface area contributed by atoms with Crippen molar-refractivity contribution in [2.24, 2.45) is 5.16 Å². The van der Waals surface area contributed by atoms with Crippen molar-refractivity contribution in [3.05, 3.63) is 33.8 Å². The van der Waals surface area contributed by atoms with Gasteiger partial charge in [-0.05, 0) is 52.3 Å². The first-order valence-corrected chi connectivity index (χ1v) is 13.5. The summed E-state index contributed by atoms with van der Waals surface area (Å²) in [5, 5.41) is 2.46. The first-order valence-electron chi connectivity index (χ1n) is 9.62. The molecule has 1 aromatic rings. The fourth-order valence-electron chi connectivity index (χ4n) is 3.37. The van der Waals surface area contributed by atoms with Gasteiger partial charge in [-0.3, -0.25) is 9.13 Å². The molecule has 0 aromatic heterocycles. The molecule has 30 heavy (non-hydrogen) atoms. The average molecular weight is 502 g/mol. The molecule has 1 aliphatic rings. The monoisotopic (exact) mass is 501 g/mol. The molecule has 1 aliphatic heterocycles. The predicted octanol–water partition coefficient (Wildman–Crippen LogP) is 6.67. The van der Waals surface area contributed by atoms with E-state index < -0.39 is 26.2 Å². The summed E-state index contributed by atoms with van der Waals surface area (Å²) in [4.78, 5) is 5.72. The molecule has 1 atom stereocenters. The van der Waals surface area contributed by atoms with E-state index in [0.29, 0.717) is 16.3 Å². The van der Waals surface area contributed by atoms with Crippen LogP contribution in [0.15, 0.2) is 23.4 Å². The minimum Gasteiger partial charge on any atom is -0.362 e. The van der Waals surface area contributed by atoms with Crippen LogP contribution in [0.5, 0.6) is 0 Å². The maximum absolute atomic E-state index is 14.2. The third-order valence-electron chi connectivity index (χ3n) is 4.37. The van der Waals surface area contributed by atoms with Crippen molar-refractivity contribution in [2.45, 2.75) is 45.6 Å². The highest BCUT2D eigenvalue weighted by Gasteiger charge is 2.76. The smallest absolute Gasteiger partial charge is 0.362 e. The summed E-state index contributed by atoms with van der Waals surface area (Å²) >= 11 is 12.5. The SMILES string of the molecule is CCOP(=O)(OCC)C1(P(=O)(OCC)OCC)ON=C(C)C1c1ccc(Cl)cc1Cl. The standard InChI is InChI=1S/C18H27Cl2NO7P2/c1-6-24-29(22,25-7-2)18(30(23,26-8-3)27-9-4)17(13(5)21-28-18)15-11-10-14(19)12-16(15)20/h10-12,17H,6-9H2,1-5H3. The van der Waals surface area contributed by atoms with Crippen LogP contribution in [0.1, 0.15) is 46.1 Å². The highest BCUT2D eigenvalue weighted by molar-refractivity contribution is 7.74. The third-order valence-corrected chi connectivity index (χ3v) is 11.0. The van der Waals surface area contributed by atoms with E-state index in [9.17, 15) is 9.13 Å². The summed E-state index contributed by atoms with van der Waals surface area (Å²) in [6.07, 6.45) is 0. The van der Waals surface area contributed by atoms with Gasteiger partial charge >= 0.3 is 20.3 Å². The van der Waals surface area contributed by atoms with Crippen LogP contribution >= 0.6 is 38.4 Å². The number of hydrogen-bond donors (Lipinski definition) is 0. The molecule has 0 aliphatic carbocycles. The zero-order valence-corrected chi connectivity index (χ0v) is 20.9. The Bertz CT molecular complexity index is 830. The molecule has 0 radical (unpaired) electrons. The molecule has 0 spiro atoms. The molecule has 0 fully saturated rings. The van der Waals surface area contributed by atoms with Crippen molar-refractivity contribution in [1.82, 2.24) is 0 Å². The van der Waals surface area contributed by atoms with E-state index in [1.165, 1.54) is 6.07 Å². The molecule has 0 bridgehead atoms. The van der Waals surface area contributed by atoms with E-state index in [4.69, 9.17) is 46.1 Å². The molecule has 1 unspecified atom stereocenters. The van der Waals surface area contributed by atoms with Gasteiger partial charge in [0.05, 0.1) is 38.1 Å². The average Bonchev–Trinajstić information content (AvgIpc) is 3.02. The van der Waals surface area contributed by atoms with Gasteiger partial charge < -0.3 is 22.9 Å². The Morgan fingerprint density at radius 1 is 0.967 bits per heavy atom. The van der Waals surface area contributed by atoms with Crippen LogP contribution in [0.4, 0.5) is 0 Å². The van der Waals surface area contributed by atoms with Gasteiger partial charge in [-0.2, -0.15) is 0 Å². The zero-order chi connectivity index (χ0) is 22.6. The van der Waals surface area contributed by atoms with Gasteiger partial charge in [-0.25, -0.2) is 0 Å². The van der Waals surface area contributed by atoms with E-state index in [1.807, 2.05) is 0 Å². The number of nitrogens with zero attached hydrogens (tertiary/aromatic N) is 1. The van der Waals surface area contributed by atoms with Crippen LogP contribution in [0.2, 0.25) is 10.0 Å². The molecule has 0 N–H and O–H groups in total. The zero-order valence-electron chi connectivity index (χ0n) is 17.6. The van der Waals surface area contributed by atoms with Gasteiger partial charge in [-0.15, -0.1) is 0 Å². The van der Waals surface area contributed by atoms with E-state index in [2.05, 4.69) is 5.16 Å². The van der Waals surface area contributed by atoms with Crippen LogP contribution < -0.4 is 0 Å². The molecule has 170 valence electrons. The molecule has 1 heterocycles. The number of benzene rings is 1. The second-order valence-corrected chi connectivity index (χ2v) is 11.8. The second-order valence-electron chi connectivity index (χ2n) is 6.25. The van der Waals surface area contributed by atoms with Crippen LogP contribution in [0, 0.1) is 0 Å². The lowest BCUT2D eigenvalue weighted by Crippen LogP contribution is -2.40. The number of halogens is 2. The summed E-state index contributed by atoms with van der Waals surface area (Å²) in [6, 6.07) is 4.76. The van der Waals surface area contributed by atoms with Crippen molar-refractivity contribution in [3.8, 4) is 0 Å². The van der Waals surface area contributed by atoms with Gasteiger partial charge in [0.25, 0.3) is 0 Å². The summed E-state index contributed by atoms with van der Waals surface area (Å²) in [5.41, 5.74) is 0.789. The number of oxime groups is 1. The molecular formula is C18H27Cl2NO7P2. The van der Waals surface area contributed by atoms with Crippen LogP contribution in [-0.4, -0.2) is 37.2 Å². The Hall–Kier alpha value is -0.430. The predicted molar refractivity (Wildman–Crippen MR) is 118 cm³/mol. The Labute approximate surface area is 187 Å². The van der Waals surface area contributed by atoms with E-state index in [0.717, 1.165) is 0 Å². The Balaban J connectivity index is 2.89. The maximum Gasteiger partial charge on any atom is 0.390 e. The Morgan fingerprint density at radius 2 is 1.43 bits per heavy atom. The van der Waals surface area contributed by atoms with Crippen molar-refractivity contribution >= 4 is 44.1 Å². The molecule has 12 heteroatoms. The largest absolute Gasteiger partial charge is 0.390 e. The summed E-state index contributed by atoms with van der Waals surface area (Å²) < 4.78 is 50.8. The lowest BCUT2D eigenvalue weighted by atomic mass is 9.95. The van der Waals surface area contributed by atoms with E-state index in [-0.39, 0.29) is 31.5 Å². The van der Waals surface area contributed by atoms with Crippen molar-refractivity contribution in [3.63, 3.8) is 0 Å². The molecule has 2 rings (SSSR count). The first-order chi connectivity index (χ1) is 14.2. The van der Waals surface area contributed by atoms with Crippen molar-refractivity contribution in [2.75, 3.05) is 26.4 Å². The molecule has 0 saturated carbocycles. The van der Waals surface area contributed by atoms with Crippen LogP contribution in [0.25, 0.3) is 0 Å². The quantitative estimate of drug-likeness (QED) is 0.312. The Morgan fingerprint density at radius 3 is 1.83 bits per heavy atom. The maximum atomic E-state index is 14.2. The molecule has 8 nitrogen and oxygen atoms in total. The van der Waals surface area contributed by atoms with E-state index in [1.54, 1.807) is 46.8 Å². The lowest BCUT2D eigenvalue weighted by Gasteiger charge is -2.40. The lowest BCUT2D eigenvalue weighted by molar-refractivity contribution is 0.0310. The van der Waals surface area contributed by atoms with E-state index >= 15 is 0 Å².